The molecule has 0 spiro atoms. The van der Waals surface area contributed by atoms with Crippen LogP contribution in [0.15, 0.2) is 18.2 Å². The summed E-state index contributed by atoms with van der Waals surface area (Å²) in [6.45, 7) is 1.84. The van der Waals surface area contributed by atoms with E-state index in [-0.39, 0.29) is 18.0 Å². The summed E-state index contributed by atoms with van der Waals surface area (Å²) >= 11 is 0. The highest BCUT2D eigenvalue weighted by Crippen LogP contribution is 2.32. The average molecular weight is 272 g/mol. The molecule has 1 aromatic carbocycles. The SMILES string of the molecule is CCC[C@H](N)c1cc(C(F)(F)F)ccc1F.Cl. The molecule has 0 saturated heterocycles. The summed E-state index contributed by atoms with van der Waals surface area (Å²) in [5.41, 5.74) is 4.67. The number of halogens is 5. The van der Waals surface area contributed by atoms with Crippen molar-refractivity contribution in [3.8, 4) is 0 Å². The van der Waals surface area contributed by atoms with Gasteiger partial charge in [-0.2, -0.15) is 13.2 Å². The lowest BCUT2D eigenvalue weighted by atomic mass is 10.00. The molecule has 0 aliphatic rings. The van der Waals surface area contributed by atoms with Gasteiger partial charge in [0.15, 0.2) is 0 Å². The first-order valence-electron chi connectivity index (χ1n) is 4.98. The molecule has 0 saturated carbocycles. The molecule has 0 heterocycles. The highest BCUT2D eigenvalue weighted by molar-refractivity contribution is 5.85. The van der Waals surface area contributed by atoms with Crippen molar-refractivity contribution in [1.82, 2.24) is 0 Å². The first-order chi connectivity index (χ1) is 7.36. The zero-order valence-corrected chi connectivity index (χ0v) is 10.0. The molecule has 0 fully saturated rings. The number of hydrogen-bond acceptors (Lipinski definition) is 1. The Balaban J connectivity index is 0.00000256. The third-order valence-electron chi connectivity index (χ3n) is 2.32. The Morgan fingerprint density at radius 2 is 1.88 bits per heavy atom. The van der Waals surface area contributed by atoms with Gasteiger partial charge in [0.2, 0.25) is 0 Å². The van der Waals surface area contributed by atoms with Crippen LogP contribution < -0.4 is 5.73 Å². The summed E-state index contributed by atoms with van der Waals surface area (Å²) in [6.07, 6.45) is -3.32. The van der Waals surface area contributed by atoms with Crippen LogP contribution in [0.4, 0.5) is 17.6 Å². The van der Waals surface area contributed by atoms with Crippen molar-refractivity contribution in [2.24, 2.45) is 5.73 Å². The van der Waals surface area contributed by atoms with Crippen LogP contribution >= 0.6 is 12.4 Å². The Morgan fingerprint density at radius 3 is 2.35 bits per heavy atom. The molecule has 1 aromatic rings. The first-order valence-corrected chi connectivity index (χ1v) is 4.98. The minimum atomic E-state index is -4.46. The Morgan fingerprint density at radius 1 is 1.29 bits per heavy atom. The smallest absolute Gasteiger partial charge is 0.324 e. The van der Waals surface area contributed by atoms with Gasteiger partial charge in [0.05, 0.1) is 5.56 Å². The van der Waals surface area contributed by atoms with Gasteiger partial charge in [-0.25, -0.2) is 4.39 Å². The van der Waals surface area contributed by atoms with Crippen molar-refractivity contribution in [3.63, 3.8) is 0 Å². The molecule has 0 bridgehead atoms. The van der Waals surface area contributed by atoms with E-state index >= 15 is 0 Å². The lowest BCUT2D eigenvalue weighted by Crippen LogP contribution is -2.14. The maximum atomic E-state index is 13.3. The van der Waals surface area contributed by atoms with Crippen LogP contribution in [0.1, 0.15) is 36.9 Å². The van der Waals surface area contributed by atoms with Crippen molar-refractivity contribution in [2.75, 3.05) is 0 Å². The van der Waals surface area contributed by atoms with Gasteiger partial charge in [-0.1, -0.05) is 13.3 Å². The predicted octanol–water partition coefficient (Wildman–Crippen LogP) is 4.07. The van der Waals surface area contributed by atoms with Crippen molar-refractivity contribution >= 4 is 12.4 Å². The van der Waals surface area contributed by atoms with Crippen molar-refractivity contribution in [3.05, 3.63) is 35.1 Å². The van der Waals surface area contributed by atoms with Gasteiger partial charge < -0.3 is 5.73 Å². The molecular formula is C11H14ClF4N. The molecule has 0 aliphatic heterocycles. The molecule has 0 unspecified atom stereocenters. The zero-order valence-electron chi connectivity index (χ0n) is 9.22. The van der Waals surface area contributed by atoms with Crippen LogP contribution in [0.25, 0.3) is 0 Å². The van der Waals surface area contributed by atoms with Crippen LogP contribution in [0, 0.1) is 5.82 Å². The summed E-state index contributed by atoms with van der Waals surface area (Å²) in [5.74, 6) is -0.686. The van der Waals surface area contributed by atoms with Crippen LogP contribution in [-0.2, 0) is 6.18 Å². The van der Waals surface area contributed by atoms with Crippen LogP contribution in [0.5, 0.6) is 0 Å². The van der Waals surface area contributed by atoms with Crippen LogP contribution in [0.2, 0.25) is 0 Å². The zero-order chi connectivity index (χ0) is 12.3. The fourth-order valence-electron chi connectivity index (χ4n) is 1.47. The van der Waals surface area contributed by atoms with Crippen molar-refractivity contribution in [1.29, 1.82) is 0 Å². The van der Waals surface area contributed by atoms with E-state index in [1.165, 1.54) is 0 Å². The van der Waals surface area contributed by atoms with Gasteiger partial charge in [-0.3, -0.25) is 0 Å². The fraction of sp³-hybridized carbons (Fsp3) is 0.455. The standard InChI is InChI=1S/C11H13F4N.ClH/c1-2-3-10(16)8-6-7(11(13,14)15)4-5-9(8)12;/h4-6,10H,2-3,16H2,1H3;1H/t10-;/m0./s1. The quantitative estimate of drug-likeness (QED) is 0.824. The number of hydrogen-bond donors (Lipinski definition) is 1. The maximum Gasteiger partial charge on any atom is 0.416 e. The van der Waals surface area contributed by atoms with Crippen molar-refractivity contribution < 1.29 is 17.6 Å². The molecule has 0 aliphatic carbocycles. The lowest BCUT2D eigenvalue weighted by molar-refractivity contribution is -0.137. The van der Waals surface area contributed by atoms with Crippen LogP contribution in [-0.4, -0.2) is 0 Å². The molecule has 0 radical (unpaired) electrons. The summed E-state index contributed by atoms with van der Waals surface area (Å²) < 4.78 is 50.4. The van der Waals surface area contributed by atoms with E-state index in [4.69, 9.17) is 5.73 Å². The highest BCUT2D eigenvalue weighted by atomic mass is 35.5. The highest BCUT2D eigenvalue weighted by Gasteiger charge is 2.31. The minimum Gasteiger partial charge on any atom is -0.324 e. The Hall–Kier alpha value is -0.810. The number of rotatable bonds is 3. The molecule has 0 amide bonds. The molecule has 2 N–H and O–H groups in total. The Labute approximate surface area is 103 Å². The summed E-state index contributed by atoms with van der Waals surface area (Å²) in [4.78, 5) is 0. The van der Waals surface area contributed by atoms with Gasteiger partial charge in [-0.15, -0.1) is 12.4 Å². The minimum absolute atomic E-state index is 0. The largest absolute Gasteiger partial charge is 0.416 e. The topological polar surface area (TPSA) is 26.0 Å². The van der Waals surface area contributed by atoms with Gasteiger partial charge in [0.1, 0.15) is 5.82 Å². The first kappa shape index (κ1) is 16.2. The summed E-state index contributed by atoms with van der Waals surface area (Å²) in [6, 6.07) is 1.63. The summed E-state index contributed by atoms with van der Waals surface area (Å²) in [7, 11) is 0. The van der Waals surface area contributed by atoms with E-state index in [1.54, 1.807) is 0 Å². The molecule has 1 nitrogen and oxygen atoms in total. The second kappa shape index (κ2) is 6.21. The molecule has 1 atom stereocenters. The third kappa shape index (κ3) is 4.16. The molecular weight excluding hydrogens is 258 g/mol. The normalized spacial score (nSPS) is 13.1. The monoisotopic (exact) mass is 271 g/mol. The lowest BCUT2D eigenvalue weighted by Gasteiger charge is -2.14. The molecule has 1 rings (SSSR count). The maximum absolute atomic E-state index is 13.3. The van der Waals surface area contributed by atoms with Gasteiger partial charge in [0, 0.05) is 11.6 Å². The number of benzene rings is 1. The van der Waals surface area contributed by atoms with E-state index in [9.17, 15) is 17.6 Å². The van der Waals surface area contributed by atoms with Gasteiger partial charge in [-0.05, 0) is 24.6 Å². The van der Waals surface area contributed by atoms with E-state index in [0.29, 0.717) is 12.8 Å². The predicted molar refractivity (Wildman–Crippen MR) is 60.5 cm³/mol. The Bertz CT molecular complexity index is 365. The second-order valence-electron chi connectivity index (χ2n) is 3.63. The van der Waals surface area contributed by atoms with Gasteiger partial charge >= 0.3 is 6.18 Å². The Kier molecular flexibility index (Phi) is 5.92. The summed E-state index contributed by atoms with van der Waals surface area (Å²) in [5, 5.41) is 0. The van der Waals surface area contributed by atoms with Crippen molar-refractivity contribution in [2.45, 2.75) is 32.0 Å². The number of nitrogens with two attached hydrogens (primary N) is 1. The van der Waals surface area contributed by atoms with E-state index < -0.39 is 23.6 Å². The van der Waals surface area contributed by atoms with E-state index in [0.717, 1.165) is 18.2 Å². The van der Waals surface area contributed by atoms with Crippen LogP contribution in [0.3, 0.4) is 0 Å². The van der Waals surface area contributed by atoms with E-state index in [2.05, 4.69) is 0 Å². The fourth-order valence-corrected chi connectivity index (χ4v) is 1.47. The van der Waals surface area contributed by atoms with E-state index in [1.807, 2.05) is 6.92 Å². The average Bonchev–Trinajstić information content (AvgIpc) is 2.16. The molecule has 6 heteroatoms. The third-order valence-corrected chi connectivity index (χ3v) is 2.32. The molecule has 98 valence electrons. The van der Waals surface area contributed by atoms with Gasteiger partial charge in [0.25, 0.3) is 0 Å². The second-order valence-corrected chi connectivity index (χ2v) is 3.63. The molecule has 0 aromatic heterocycles. The molecule has 17 heavy (non-hydrogen) atoms. The number of alkyl halides is 3.